The van der Waals surface area contributed by atoms with Crippen LogP contribution in [0.1, 0.15) is 68.7 Å². The molecule has 0 bridgehead atoms. The molecular formula is C46H43Cl2N7O8. The van der Waals surface area contributed by atoms with Crippen LogP contribution >= 0.6 is 23.2 Å². The summed E-state index contributed by atoms with van der Waals surface area (Å²) in [5, 5.41) is 30.6. The van der Waals surface area contributed by atoms with Crippen molar-refractivity contribution in [1.82, 2.24) is 10.2 Å². The van der Waals surface area contributed by atoms with Crippen molar-refractivity contribution in [3.63, 3.8) is 0 Å². The molecule has 0 spiro atoms. The van der Waals surface area contributed by atoms with Gasteiger partial charge in [0, 0.05) is 41.2 Å². The minimum atomic E-state index is -0.961. The van der Waals surface area contributed by atoms with Gasteiger partial charge in [-0.2, -0.15) is 20.5 Å². The SMILES string of the molecule is O=C(O)c1ccc(N=Nc2ccc(OCCCCCCl)cc2)cc1.O=C1CCC(N2Cc3c(NC(=O)c4ccc(N=Nc5ccc(OCCCl)cc5)cc4)cccc3C2=O)C(=O)N1. The molecule has 2 aliphatic rings. The quantitative estimate of drug-likeness (QED) is 0.0354. The maximum atomic E-state index is 13.0. The van der Waals surface area contributed by atoms with Crippen molar-refractivity contribution >= 4 is 81.2 Å². The third-order valence-corrected chi connectivity index (χ3v) is 10.1. The van der Waals surface area contributed by atoms with E-state index in [4.69, 9.17) is 37.8 Å². The van der Waals surface area contributed by atoms with Crippen LogP contribution in [0.2, 0.25) is 0 Å². The number of aromatic carboxylic acids is 1. The van der Waals surface area contributed by atoms with Gasteiger partial charge >= 0.3 is 5.97 Å². The molecule has 2 aliphatic heterocycles. The van der Waals surface area contributed by atoms with Crippen LogP contribution < -0.4 is 20.1 Å². The van der Waals surface area contributed by atoms with E-state index < -0.39 is 17.9 Å². The number of nitrogens with zero attached hydrogens (tertiary/aromatic N) is 5. The molecule has 0 radical (unpaired) electrons. The van der Waals surface area contributed by atoms with E-state index in [1.54, 1.807) is 78.9 Å². The number of fused-ring (bicyclic) bond motifs is 1. The van der Waals surface area contributed by atoms with E-state index in [0.29, 0.717) is 75.9 Å². The average molecular weight is 893 g/mol. The summed E-state index contributed by atoms with van der Waals surface area (Å²) in [5.74, 6) is 0.149. The van der Waals surface area contributed by atoms with E-state index in [-0.39, 0.29) is 42.7 Å². The fraction of sp³-hybridized carbons (Fsp3) is 0.239. The summed E-state index contributed by atoms with van der Waals surface area (Å²) in [6.07, 6.45) is 3.50. The number of carboxylic acid groups (broad SMARTS) is 1. The van der Waals surface area contributed by atoms with Crippen LogP contribution in [-0.4, -0.2) is 70.6 Å². The summed E-state index contributed by atoms with van der Waals surface area (Å²) in [4.78, 5) is 62.0. The number of hydrogen-bond donors (Lipinski definition) is 3. The molecule has 1 unspecified atom stereocenters. The Kier molecular flexibility index (Phi) is 16.5. The second-order valence-electron chi connectivity index (χ2n) is 14.1. The molecule has 324 valence electrons. The summed E-state index contributed by atoms with van der Waals surface area (Å²) in [6, 6.07) is 31.7. The maximum absolute atomic E-state index is 13.0. The lowest BCUT2D eigenvalue weighted by Crippen LogP contribution is -2.52. The second kappa shape index (κ2) is 22.8. The lowest BCUT2D eigenvalue weighted by molar-refractivity contribution is -0.136. The zero-order chi connectivity index (χ0) is 44.6. The Morgan fingerprint density at radius 3 is 1.75 bits per heavy atom. The summed E-state index contributed by atoms with van der Waals surface area (Å²) in [6.45, 7) is 1.26. The molecule has 2 heterocycles. The highest BCUT2D eigenvalue weighted by Crippen LogP contribution is 2.33. The molecule has 3 N–H and O–H groups in total. The van der Waals surface area contributed by atoms with E-state index in [1.165, 1.54) is 17.0 Å². The van der Waals surface area contributed by atoms with Crippen LogP contribution in [0, 0.1) is 0 Å². The average Bonchev–Trinajstić information content (AvgIpc) is 3.64. The van der Waals surface area contributed by atoms with Crippen molar-refractivity contribution in [2.75, 3.05) is 30.3 Å². The number of piperidine rings is 1. The highest BCUT2D eigenvalue weighted by atomic mass is 35.5. The number of hydrogen-bond acceptors (Lipinski definition) is 11. The van der Waals surface area contributed by atoms with Gasteiger partial charge in [-0.25, -0.2) is 4.79 Å². The third-order valence-electron chi connectivity index (χ3n) is 9.70. The predicted octanol–water partition coefficient (Wildman–Crippen LogP) is 10.3. The van der Waals surface area contributed by atoms with Crippen LogP contribution in [0.25, 0.3) is 0 Å². The fourth-order valence-electron chi connectivity index (χ4n) is 6.42. The molecule has 1 atom stereocenters. The van der Waals surface area contributed by atoms with Crippen LogP contribution in [0.5, 0.6) is 11.5 Å². The first-order valence-corrected chi connectivity index (χ1v) is 21.1. The molecule has 1 fully saturated rings. The smallest absolute Gasteiger partial charge is 0.335 e. The first-order valence-electron chi connectivity index (χ1n) is 20.0. The Bertz CT molecular complexity index is 2450. The predicted molar refractivity (Wildman–Crippen MR) is 238 cm³/mol. The zero-order valence-corrected chi connectivity index (χ0v) is 35.4. The molecule has 5 aromatic rings. The van der Waals surface area contributed by atoms with Gasteiger partial charge in [-0.15, -0.1) is 23.2 Å². The molecule has 7 rings (SSSR count). The minimum absolute atomic E-state index is 0.163. The topological polar surface area (TPSA) is 201 Å². The summed E-state index contributed by atoms with van der Waals surface area (Å²) in [5.41, 5.74) is 4.68. The van der Waals surface area contributed by atoms with Gasteiger partial charge in [-0.05, 0) is 135 Å². The molecule has 0 aliphatic carbocycles. The monoisotopic (exact) mass is 891 g/mol. The summed E-state index contributed by atoms with van der Waals surface area (Å²) < 4.78 is 11.1. The van der Waals surface area contributed by atoms with Crippen LogP contribution in [-0.2, 0) is 16.1 Å². The van der Waals surface area contributed by atoms with Gasteiger partial charge in [0.25, 0.3) is 11.8 Å². The van der Waals surface area contributed by atoms with E-state index in [2.05, 4.69) is 31.1 Å². The summed E-state index contributed by atoms with van der Waals surface area (Å²) in [7, 11) is 0. The molecule has 4 amide bonds. The molecule has 15 nitrogen and oxygen atoms in total. The van der Waals surface area contributed by atoms with Gasteiger partial charge in [-0.1, -0.05) is 6.07 Å². The highest BCUT2D eigenvalue weighted by molar-refractivity contribution is 6.18. The van der Waals surface area contributed by atoms with Gasteiger partial charge in [0.1, 0.15) is 24.1 Å². The fourth-order valence-corrected chi connectivity index (χ4v) is 6.68. The Hall–Kier alpha value is -6.97. The number of alkyl halides is 2. The highest BCUT2D eigenvalue weighted by Gasteiger charge is 2.40. The summed E-state index contributed by atoms with van der Waals surface area (Å²) >= 11 is 11.2. The van der Waals surface area contributed by atoms with Crippen LogP contribution in [0.4, 0.5) is 28.4 Å². The van der Waals surface area contributed by atoms with E-state index in [9.17, 15) is 24.0 Å². The van der Waals surface area contributed by atoms with Gasteiger partial charge in [0.05, 0.1) is 40.8 Å². The molecule has 63 heavy (non-hydrogen) atoms. The number of amides is 4. The van der Waals surface area contributed by atoms with E-state index in [0.717, 1.165) is 25.0 Å². The Morgan fingerprint density at radius 1 is 0.683 bits per heavy atom. The molecule has 0 saturated carbocycles. The molecular weight excluding hydrogens is 849 g/mol. The lowest BCUT2D eigenvalue weighted by Gasteiger charge is -2.29. The number of ether oxygens (including phenoxy) is 2. The first-order chi connectivity index (χ1) is 30.6. The van der Waals surface area contributed by atoms with Crippen molar-refractivity contribution in [1.29, 1.82) is 0 Å². The van der Waals surface area contributed by atoms with Crippen molar-refractivity contribution in [3.05, 3.63) is 138 Å². The largest absolute Gasteiger partial charge is 0.494 e. The maximum Gasteiger partial charge on any atom is 0.335 e. The number of halogens is 2. The number of benzene rings is 5. The molecule has 1 saturated heterocycles. The lowest BCUT2D eigenvalue weighted by atomic mass is 10.0. The number of azo groups is 2. The molecule has 0 aromatic heterocycles. The number of unbranched alkanes of at least 4 members (excludes halogenated alkanes) is 2. The van der Waals surface area contributed by atoms with Gasteiger partial charge in [0.2, 0.25) is 11.8 Å². The second-order valence-corrected chi connectivity index (χ2v) is 14.9. The Labute approximate surface area is 373 Å². The van der Waals surface area contributed by atoms with Crippen molar-refractivity contribution < 1.29 is 38.6 Å². The standard InChI is InChI=1S/C28H24ClN5O5.C18H19ClN2O3/c29-14-15-39-20-10-8-19(9-11-20)33-32-18-6-4-17(5-7-18)26(36)30-23-3-1-2-21-22(23)16-34(28(21)38)24-12-13-25(35)31-27(24)37;19-12-2-1-3-13-24-17-10-8-16(9-11-17)21-20-15-6-4-14(5-7-15)18(22)23/h1-11,24H,12-16H2,(H,30,36)(H,31,35,37);4-11H,1-3,12-13H2,(H,22,23). The van der Waals surface area contributed by atoms with Gasteiger partial charge in [0.15, 0.2) is 0 Å². The van der Waals surface area contributed by atoms with Crippen LogP contribution in [0.3, 0.4) is 0 Å². The number of anilines is 1. The van der Waals surface area contributed by atoms with Gasteiger partial charge in [-0.3, -0.25) is 24.5 Å². The van der Waals surface area contributed by atoms with E-state index >= 15 is 0 Å². The normalized spacial score (nSPS) is 14.5. The minimum Gasteiger partial charge on any atom is -0.494 e. The first kappa shape index (κ1) is 45.6. The zero-order valence-electron chi connectivity index (χ0n) is 33.9. The van der Waals surface area contributed by atoms with Crippen molar-refractivity contribution in [2.24, 2.45) is 20.5 Å². The number of rotatable bonds is 17. The Balaban J connectivity index is 0.000000236. The van der Waals surface area contributed by atoms with Crippen LogP contribution in [0.15, 0.2) is 136 Å². The molecule has 17 heteroatoms. The third kappa shape index (κ3) is 13.0. The van der Waals surface area contributed by atoms with Crippen molar-refractivity contribution in [3.8, 4) is 11.5 Å². The molecule has 5 aromatic carbocycles. The number of nitrogens with one attached hydrogen (secondary N) is 2. The Morgan fingerprint density at radius 2 is 1.22 bits per heavy atom. The van der Waals surface area contributed by atoms with E-state index in [1.807, 2.05) is 24.3 Å². The van der Waals surface area contributed by atoms with Crippen molar-refractivity contribution in [2.45, 2.75) is 44.7 Å². The number of imide groups is 1. The number of carbonyl (C=O) groups is 5. The number of carbonyl (C=O) groups excluding carboxylic acids is 4. The number of carboxylic acids is 1. The van der Waals surface area contributed by atoms with Gasteiger partial charge < -0.3 is 24.8 Å².